The summed E-state index contributed by atoms with van der Waals surface area (Å²) in [4.78, 5) is 14.8. The molecule has 1 aromatic heterocycles. The van der Waals surface area contributed by atoms with Crippen molar-refractivity contribution in [3.63, 3.8) is 0 Å². The van der Waals surface area contributed by atoms with Crippen molar-refractivity contribution in [2.45, 2.75) is 44.4 Å². The Balaban J connectivity index is 1.56. The third-order valence-electron chi connectivity index (χ3n) is 6.09. The van der Waals surface area contributed by atoms with Crippen molar-refractivity contribution < 1.29 is 17.7 Å². The van der Waals surface area contributed by atoms with E-state index in [-0.39, 0.29) is 29.0 Å². The van der Waals surface area contributed by atoms with Crippen LogP contribution in [0.25, 0.3) is 12.2 Å². The lowest BCUT2D eigenvalue weighted by molar-refractivity contribution is -0.135. The average Bonchev–Trinajstić information content (AvgIpc) is 3.43. The van der Waals surface area contributed by atoms with Gasteiger partial charge in [0.2, 0.25) is 15.9 Å². The van der Waals surface area contributed by atoms with Crippen LogP contribution in [-0.4, -0.2) is 54.9 Å². The quantitative estimate of drug-likeness (QED) is 0.706. The maximum Gasteiger partial charge on any atom is 0.248 e. The molecular weight excluding hydrogens is 414 g/mol. The zero-order valence-electron chi connectivity index (χ0n) is 18.1. The summed E-state index contributed by atoms with van der Waals surface area (Å²) in [7, 11) is -3.83. The predicted molar refractivity (Wildman–Crippen MR) is 119 cm³/mol. The monoisotopic (exact) mass is 443 g/mol. The molecule has 7 nitrogen and oxygen atoms in total. The first-order valence-electron chi connectivity index (χ1n) is 10.9. The number of nitrogens with zero attached hydrogens (tertiary/aromatic N) is 3. The molecule has 1 atom stereocenters. The third kappa shape index (κ3) is 4.60. The van der Waals surface area contributed by atoms with Crippen LogP contribution in [0.1, 0.15) is 48.3 Å². The summed E-state index contributed by atoms with van der Waals surface area (Å²) in [5.41, 5.74) is 2.42. The third-order valence-corrected chi connectivity index (χ3v) is 8.11. The van der Waals surface area contributed by atoms with Crippen LogP contribution in [0.15, 0.2) is 33.7 Å². The van der Waals surface area contributed by atoms with Crippen molar-refractivity contribution in [2.75, 3.05) is 26.2 Å². The van der Waals surface area contributed by atoms with Crippen LogP contribution in [0.5, 0.6) is 0 Å². The Labute approximate surface area is 183 Å². The van der Waals surface area contributed by atoms with E-state index in [4.69, 9.17) is 4.52 Å². The summed E-state index contributed by atoms with van der Waals surface area (Å²) in [6.07, 6.45) is 6.91. The topological polar surface area (TPSA) is 83.7 Å². The Morgan fingerprint density at radius 1 is 1.06 bits per heavy atom. The molecule has 8 heteroatoms. The minimum absolute atomic E-state index is 0.0823. The highest BCUT2D eigenvalue weighted by molar-refractivity contribution is 7.89. The molecule has 0 spiro atoms. The average molecular weight is 444 g/mol. The van der Waals surface area contributed by atoms with Crippen LogP contribution < -0.4 is 0 Å². The molecule has 2 saturated heterocycles. The molecule has 2 fully saturated rings. The van der Waals surface area contributed by atoms with Crippen molar-refractivity contribution in [3.05, 3.63) is 46.8 Å². The Morgan fingerprint density at radius 3 is 2.48 bits per heavy atom. The largest absolute Gasteiger partial charge is 0.355 e. The zero-order valence-corrected chi connectivity index (χ0v) is 18.9. The molecule has 3 heterocycles. The smallest absolute Gasteiger partial charge is 0.248 e. The number of hydrogen-bond donors (Lipinski definition) is 0. The van der Waals surface area contributed by atoms with E-state index in [9.17, 15) is 13.2 Å². The molecule has 0 saturated carbocycles. The van der Waals surface area contributed by atoms with Gasteiger partial charge in [-0.15, -0.1) is 0 Å². The van der Waals surface area contributed by atoms with Crippen LogP contribution in [0.3, 0.4) is 0 Å². The number of carbonyl (C=O) groups is 1. The highest BCUT2D eigenvalue weighted by Crippen LogP contribution is 2.30. The number of carbonyl (C=O) groups excluding carboxylic acids is 1. The van der Waals surface area contributed by atoms with E-state index < -0.39 is 10.0 Å². The van der Waals surface area contributed by atoms with Crippen LogP contribution in [0.2, 0.25) is 0 Å². The van der Waals surface area contributed by atoms with Gasteiger partial charge in [-0.3, -0.25) is 4.79 Å². The predicted octanol–water partition coefficient (Wildman–Crippen LogP) is 3.48. The fourth-order valence-electron chi connectivity index (χ4n) is 4.34. The first-order valence-corrected chi connectivity index (χ1v) is 12.3. The second kappa shape index (κ2) is 8.96. The Morgan fingerprint density at radius 2 is 1.77 bits per heavy atom. The summed E-state index contributed by atoms with van der Waals surface area (Å²) in [6, 6.07) is 7.91. The maximum absolute atomic E-state index is 13.5. The van der Waals surface area contributed by atoms with Crippen molar-refractivity contribution in [1.82, 2.24) is 14.4 Å². The summed E-state index contributed by atoms with van der Waals surface area (Å²) in [5, 5.41) is 3.91. The molecule has 0 radical (unpaired) electrons. The van der Waals surface area contributed by atoms with Gasteiger partial charge in [0, 0.05) is 26.2 Å². The van der Waals surface area contributed by atoms with E-state index in [1.54, 1.807) is 13.0 Å². The van der Waals surface area contributed by atoms with Gasteiger partial charge >= 0.3 is 0 Å². The minimum atomic E-state index is -3.83. The number of rotatable bonds is 5. The van der Waals surface area contributed by atoms with Crippen LogP contribution in [0.4, 0.5) is 0 Å². The second-order valence-corrected chi connectivity index (χ2v) is 10.3. The first kappa shape index (κ1) is 21.8. The fraction of sp³-hybridized carbons (Fsp3) is 0.478. The van der Waals surface area contributed by atoms with Crippen molar-refractivity contribution >= 4 is 28.1 Å². The fourth-order valence-corrected chi connectivity index (χ4v) is 6.11. The molecule has 1 aromatic carbocycles. The zero-order chi connectivity index (χ0) is 22.0. The molecule has 0 N–H and O–H groups in total. The van der Waals surface area contributed by atoms with Crippen molar-refractivity contribution in [2.24, 2.45) is 5.92 Å². The number of likely N-dealkylation sites (tertiary alicyclic amines) is 1. The summed E-state index contributed by atoms with van der Waals surface area (Å²) < 4.78 is 33.8. The maximum atomic E-state index is 13.5. The van der Waals surface area contributed by atoms with E-state index in [0.717, 1.165) is 43.5 Å². The number of sulfonamides is 1. The summed E-state index contributed by atoms with van der Waals surface area (Å²) >= 11 is 0. The van der Waals surface area contributed by atoms with E-state index in [2.05, 4.69) is 5.16 Å². The Kier molecular flexibility index (Phi) is 6.29. The molecule has 2 aliphatic rings. The molecule has 31 heavy (non-hydrogen) atoms. The van der Waals surface area contributed by atoms with E-state index in [0.29, 0.717) is 18.7 Å². The number of aryl methyl sites for hydroxylation is 2. The van der Waals surface area contributed by atoms with Crippen LogP contribution in [0, 0.1) is 19.8 Å². The van der Waals surface area contributed by atoms with Gasteiger partial charge in [-0.2, -0.15) is 4.31 Å². The lowest BCUT2D eigenvalue weighted by Gasteiger charge is -2.33. The highest BCUT2D eigenvalue weighted by Gasteiger charge is 2.38. The number of piperidine rings is 1. The highest BCUT2D eigenvalue weighted by atomic mass is 32.2. The Bertz CT molecular complexity index is 1070. The van der Waals surface area contributed by atoms with Gasteiger partial charge in [-0.05, 0) is 51.2 Å². The summed E-state index contributed by atoms with van der Waals surface area (Å²) in [5.74, 6) is 0.0124. The first-order chi connectivity index (χ1) is 14.9. The van der Waals surface area contributed by atoms with Gasteiger partial charge in [0.05, 0.1) is 5.92 Å². The molecule has 2 aliphatic heterocycles. The molecule has 0 bridgehead atoms. The standard InChI is InChI=1S/C23H29N3O4S/c1-17-7-9-19(10-8-17)11-12-21-22(18(2)24-30-21)31(28,29)26-15-5-6-20(16-26)23(27)25-13-3-4-14-25/h7-12,20H,3-6,13-16H2,1-2H3. The van der Waals surface area contributed by atoms with Gasteiger partial charge in [0.15, 0.2) is 10.7 Å². The second-order valence-electron chi connectivity index (χ2n) is 8.44. The van der Waals surface area contributed by atoms with Gasteiger partial charge in [0.25, 0.3) is 0 Å². The SMILES string of the molecule is Cc1ccc(C=Cc2onc(C)c2S(=O)(=O)N2CCCC(C(=O)N3CCCC3)C2)cc1. The molecule has 2 aromatic rings. The van der Waals surface area contributed by atoms with Crippen molar-refractivity contribution in [3.8, 4) is 0 Å². The summed E-state index contributed by atoms with van der Waals surface area (Å²) in [6.45, 7) is 5.82. The van der Waals surface area contributed by atoms with Gasteiger partial charge in [-0.25, -0.2) is 8.42 Å². The van der Waals surface area contributed by atoms with Crippen LogP contribution in [-0.2, 0) is 14.8 Å². The normalized spacial score (nSPS) is 20.6. The number of benzene rings is 1. The lowest BCUT2D eigenvalue weighted by Crippen LogP contribution is -2.46. The van der Waals surface area contributed by atoms with Gasteiger partial charge in [0.1, 0.15) is 5.69 Å². The number of aromatic nitrogens is 1. The van der Waals surface area contributed by atoms with Gasteiger partial charge < -0.3 is 9.42 Å². The number of amides is 1. The number of hydrogen-bond acceptors (Lipinski definition) is 5. The van der Waals surface area contributed by atoms with Crippen molar-refractivity contribution in [1.29, 1.82) is 0 Å². The van der Waals surface area contributed by atoms with Gasteiger partial charge in [-0.1, -0.05) is 41.1 Å². The molecule has 1 amide bonds. The van der Waals surface area contributed by atoms with E-state index in [1.165, 1.54) is 4.31 Å². The molecule has 166 valence electrons. The van der Waals surface area contributed by atoms with E-state index in [1.807, 2.05) is 42.2 Å². The molecule has 4 rings (SSSR count). The Hall–Kier alpha value is -2.45. The molecule has 0 aliphatic carbocycles. The molecule has 1 unspecified atom stereocenters. The molecular formula is C23H29N3O4S. The lowest BCUT2D eigenvalue weighted by atomic mass is 9.98. The minimum Gasteiger partial charge on any atom is -0.355 e. The van der Waals surface area contributed by atoms with Crippen LogP contribution >= 0.6 is 0 Å². The van der Waals surface area contributed by atoms with E-state index >= 15 is 0 Å².